The first-order valence-electron chi connectivity index (χ1n) is 6.31. The van der Waals surface area contributed by atoms with Crippen LogP contribution in [0.1, 0.15) is 18.9 Å². The molecule has 0 unspecified atom stereocenters. The van der Waals surface area contributed by atoms with Gasteiger partial charge in [-0.1, -0.05) is 17.7 Å². The van der Waals surface area contributed by atoms with Crippen LogP contribution in [0.3, 0.4) is 0 Å². The van der Waals surface area contributed by atoms with E-state index in [1.165, 1.54) is 12.1 Å². The topological polar surface area (TPSA) is 93.1 Å². The molecule has 0 aliphatic carbocycles. The van der Waals surface area contributed by atoms with Crippen LogP contribution in [0.4, 0.5) is 0 Å². The van der Waals surface area contributed by atoms with E-state index in [0.717, 1.165) is 5.56 Å². The Kier molecular flexibility index (Phi) is 4.46. The minimum atomic E-state index is -3.98. The minimum absolute atomic E-state index is 0.0175. The second-order valence-electron chi connectivity index (χ2n) is 4.92. The van der Waals surface area contributed by atoms with Crippen molar-refractivity contribution in [2.24, 2.45) is 0 Å². The van der Waals surface area contributed by atoms with Crippen molar-refractivity contribution in [1.29, 1.82) is 0 Å². The van der Waals surface area contributed by atoms with Crippen molar-refractivity contribution in [2.45, 2.75) is 49.8 Å². The van der Waals surface area contributed by atoms with Gasteiger partial charge in [0.15, 0.2) is 6.29 Å². The van der Waals surface area contributed by atoms with Crippen LogP contribution in [0.2, 0.25) is 0 Å². The zero-order chi connectivity index (χ0) is 14.9. The van der Waals surface area contributed by atoms with E-state index in [9.17, 15) is 18.6 Å². The fourth-order valence-electron chi connectivity index (χ4n) is 2.04. The lowest BCUT2D eigenvalue weighted by molar-refractivity contribution is -0.221. The third-order valence-corrected chi connectivity index (χ3v) is 4.58. The Morgan fingerprint density at radius 1 is 1.25 bits per heavy atom. The monoisotopic (exact) mass is 302 g/mol. The molecular formula is C13H18O6S. The average Bonchev–Trinajstić information content (AvgIpc) is 2.35. The maximum Gasteiger partial charge on any atom is 0.297 e. The summed E-state index contributed by atoms with van der Waals surface area (Å²) in [7, 11) is -3.98. The summed E-state index contributed by atoms with van der Waals surface area (Å²) in [6.45, 7) is 3.39. The number of aliphatic hydroxyl groups is 2. The van der Waals surface area contributed by atoms with Gasteiger partial charge in [-0.3, -0.25) is 4.18 Å². The number of hydrogen-bond acceptors (Lipinski definition) is 6. The maximum atomic E-state index is 12.1. The van der Waals surface area contributed by atoms with E-state index >= 15 is 0 Å². The molecule has 0 radical (unpaired) electrons. The number of rotatable bonds is 3. The van der Waals surface area contributed by atoms with Crippen LogP contribution in [0.25, 0.3) is 0 Å². The van der Waals surface area contributed by atoms with Gasteiger partial charge in [-0.25, -0.2) is 0 Å². The van der Waals surface area contributed by atoms with Crippen LogP contribution in [0.5, 0.6) is 0 Å². The summed E-state index contributed by atoms with van der Waals surface area (Å²) in [6, 6.07) is 6.20. The Bertz CT molecular complexity index is 553. The summed E-state index contributed by atoms with van der Waals surface area (Å²) in [5.41, 5.74) is 0.930. The molecule has 1 heterocycles. The van der Waals surface area contributed by atoms with Crippen LogP contribution in [-0.4, -0.2) is 43.2 Å². The summed E-state index contributed by atoms with van der Waals surface area (Å²) in [4.78, 5) is 0.0175. The van der Waals surface area contributed by atoms with Crippen molar-refractivity contribution >= 4 is 10.1 Å². The molecule has 0 bridgehead atoms. The number of aryl methyl sites for hydroxylation is 1. The lowest BCUT2D eigenvalue weighted by Gasteiger charge is -2.34. The standard InChI is InChI=1S/C13H18O6S/c1-8-3-5-10(6-4-8)20(16,17)19-11-7-12(14)18-9(2)13(11)15/h3-6,9,11-15H,7H2,1-2H3/t9-,11-,12-,13-/m1/s1. The smallest absolute Gasteiger partial charge is 0.297 e. The van der Waals surface area contributed by atoms with Gasteiger partial charge >= 0.3 is 0 Å². The molecule has 1 aromatic rings. The van der Waals surface area contributed by atoms with E-state index < -0.39 is 34.7 Å². The third kappa shape index (κ3) is 3.36. The molecule has 1 saturated heterocycles. The number of hydrogen-bond donors (Lipinski definition) is 2. The van der Waals surface area contributed by atoms with E-state index in [0.29, 0.717) is 0 Å². The van der Waals surface area contributed by atoms with Crippen molar-refractivity contribution in [2.75, 3.05) is 0 Å². The van der Waals surface area contributed by atoms with Gasteiger partial charge in [0.25, 0.3) is 10.1 Å². The minimum Gasteiger partial charge on any atom is -0.388 e. The van der Waals surface area contributed by atoms with Crippen LogP contribution in [-0.2, 0) is 19.0 Å². The molecule has 6 nitrogen and oxygen atoms in total. The number of benzene rings is 1. The molecule has 0 amide bonds. The van der Waals surface area contributed by atoms with E-state index in [1.807, 2.05) is 6.92 Å². The second kappa shape index (κ2) is 5.79. The summed E-state index contributed by atoms with van der Waals surface area (Å²) >= 11 is 0. The summed E-state index contributed by atoms with van der Waals surface area (Å²) in [5.74, 6) is 0. The van der Waals surface area contributed by atoms with Gasteiger partial charge in [0.2, 0.25) is 0 Å². The van der Waals surface area contributed by atoms with Crippen molar-refractivity contribution in [3.63, 3.8) is 0 Å². The van der Waals surface area contributed by atoms with E-state index in [1.54, 1.807) is 19.1 Å². The molecule has 7 heteroatoms. The zero-order valence-corrected chi connectivity index (χ0v) is 12.1. The summed E-state index contributed by atoms with van der Waals surface area (Å²) < 4.78 is 34.3. The predicted molar refractivity (Wildman–Crippen MR) is 70.4 cm³/mol. The fraction of sp³-hybridized carbons (Fsp3) is 0.538. The van der Waals surface area contributed by atoms with Crippen molar-refractivity contribution < 1.29 is 27.6 Å². The first kappa shape index (κ1) is 15.4. The molecule has 4 atom stereocenters. The lowest BCUT2D eigenvalue weighted by atomic mass is 10.0. The average molecular weight is 302 g/mol. The summed E-state index contributed by atoms with van der Waals surface area (Å²) in [6.07, 6.45) is -4.08. The largest absolute Gasteiger partial charge is 0.388 e. The van der Waals surface area contributed by atoms with Gasteiger partial charge in [0, 0.05) is 6.42 Å². The lowest BCUT2D eigenvalue weighted by Crippen LogP contribution is -2.48. The van der Waals surface area contributed by atoms with Gasteiger partial charge in [-0.2, -0.15) is 8.42 Å². The predicted octanol–water partition coefficient (Wildman–Crippen LogP) is 0.557. The molecule has 0 aromatic heterocycles. The Balaban J connectivity index is 2.17. The van der Waals surface area contributed by atoms with E-state index in [2.05, 4.69) is 0 Å². The normalized spacial score (nSPS) is 31.2. The highest BCUT2D eigenvalue weighted by Crippen LogP contribution is 2.25. The van der Waals surface area contributed by atoms with Crippen LogP contribution >= 0.6 is 0 Å². The molecular weight excluding hydrogens is 284 g/mol. The third-order valence-electron chi connectivity index (χ3n) is 3.23. The first-order chi connectivity index (χ1) is 9.29. The van der Waals surface area contributed by atoms with Gasteiger partial charge in [0.05, 0.1) is 11.0 Å². The van der Waals surface area contributed by atoms with Crippen LogP contribution < -0.4 is 0 Å². The first-order valence-corrected chi connectivity index (χ1v) is 7.72. The highest BCUT2D eigenvalue weighted by atomic mass is 32.2. The highest BCUT2D eigenvalue weighted by molar-refractivity contribution is 7.86. The van der Waals surface area contributed by atoms with Crippen LogP contribution in [0, 0.1) is 6.92 Å². The molecule has 1 fully saturated rings. The maximum absolute atomic E-state index is 12.1. The molecule has 1 aromatic carbocycles. The van der Waals surface area contributed by atoms with Gasteiger partial charge < -0.3 is 14.9 Å². The molecule has 112 valence electrons. The molecule has 2 N–H and O–H groups in total. The van der Waals surface area contributed by atoms with Gasteiger partial charge in [0.1, 0.15) is 12.2 Å². The van der Waals surface area contributed by atoms with Crippen molar-refractivity contribution in [3.05, 3.63) is 29.8 Å². The molecule has 1 aliphatic heterocycles. The highest BCUT2D eigenvalue weighted by Gasteiger charge is 2.38. The Labute approximate surface area is 118 Å². The quantitative estimate of drug-likeness (QED) is 0.792. The zero-order valence-electron chi connectivity index (χ0n) is 11.3. The second-order valence-corrected chi connectivity index (χ2v) is 6.50. The van der Waals surface area contributed by atoms with E-state index in [4.69, 9.17) is 8.92 Å². The summed E-state index contributed by atoms with van der Waals surface area (Å²) in [5, 5.41) is 19.3. The van der Waals surface area contributed by atoms with Crippen molar-refractivity contribution in [3.8, 4) is 0 Å². The molecule has 0 spiro atoms. The Morgan fingerprint density at radius 3 is 2.45 bits per heavy atom. The Hall–Kier alpha value is -0.990. The Morgan fingerprint density at radius 2 is 1.85 bits per heavy atom. The van der Waals surface area contributed by atoms with E-state index in [-0.39, 0.29) is 11.3 Å². The molecule has 20 heavy (non-hydrogen) atoms. The van der Waals surface area contributed by atoms with Gasteiger partial charge in [-0.05, 0) is 26.0 Å². The number of ether oxygens (including phenoxy) is 1. The molecule has 1 aliphatic rings. The van der Waals surface area contributed by atoms with Gasteiger partial charge in [-0.15, -0.1) is 0 Å². The number of aliphatic hydroxyl groups excluding tert-OH is 2. The molecule has 0 saturated carbocycles. The fourth-order valence-corrected chi connectivity index (χ4v) is 3.14. The van der Waals surface area contributed by atoms with Crippen molar-refractivity contribution in [1.82, 2.24) is 0 Å². The SMILES string of the molecule is Cc1ccc(S(=O)(=O)O[C@@H]2C[C@H](O)O[C@H](C)[C@H]2O)cc1. The van der Waals surface area contributed by atoms with Crippen LogP contribution in [0.15, 0.2) is 29.2 Å². The molecule has 2 rings (SSSR count).